The molecule has 0 aliphatic heterocycles. The van der Waals surface area contributed by atoms with Crippen LogP contribution in [0.3, 0.4) is 0 Å². The Bertz CT molecular complexity index is 1010. The molecule has 0 aliphatic carbocycles. The Hall–Kier alpha value is -2.56. The molecule has 0 radical (unpaired) electrons. The largest absolute Gasteiger partial charge is 0.488 e. The highest BCUT2D eigenvalue weighted by Crippen LogP contribution is 2.28. The molecule has 0 saturated carbocycles. The van der Waals surface area contributed by atoms with Gasteiger partial charge in [-0.3, -0.25) is 4.79 Å². The van der Waals surface area contributed by atoms with E-state index in [4.69, 9.17) is 21.1 Å². The van der Waals surface area contributed by atoms with Crippen LogP contribution in [0.15, 0.2) is 83.3 Å². The Morgan fingerprint density at radius 2 is 1.70 bits per heavy atom. The third-order valence-electron chi connectivity index (χ3n) is 4.42. The number of esters is 1. The van der Waals surface area contributed by atoms with E-state index in [2.05, 4.69) is 40.2 Å². The van der Waals surface area contributed by atoms with E-state index in [9.17, 15) is 4.79 Å². The van der Waals surface area contributed by atoms with Crippen molar-refractivity contribution in [2.24, 2.45) is 0 Å². The fraction of sp³-hybridized carbons (Fsp3) is 0.160. The molecule has 154 valence electrons. The lowest BCUT2D eigenvalue weighted by atomic mass is 9.98. The summed E-state index contributed by atoms with van der Waals surface area (Å²) in [6, 6.07) is 23.7. The third kappa shape index (κ3) is 6.22. The normalized spacial score (nSPS) is 11.2. The number of carbonyl (C=O) groups excluding carboxylic acids is 1. The molecule has 3 aromatic carbocycles. The van der Waals surface area contributed by atoms with Crippen LogP contribution in [-0.4, -0.2) is 19.2 Å². The van der Waals surface area contributed by atoms with Crippen molar-refractivity contribution in [2.45, 2.75) is 13.3 Å². The van der Waals surface area contributed by atoms with Gasteiger partial charge >= 0.3 is 5.97 Å². The van der Waals surface area contributed by atoms with Crippen LogP contribution in [0, 0.1) is 0 Å². The highest BCUT2D eigenvalue weighted by molar-refractivity contribution is 9.10. The van der Waals surface area contributed by atoms with Crippen molar-refractivity contribution in [2.75, 3.05) is 13.2 Å². The van der Waals surface area contributed by atoms with E-state index in [0.717, 1.165) is 26.7 Å². The Morgan fingerprint density at radius 3 is 2.37 bits per heavy atom. The van der Waals surface area contributed by atoms with Crippen LogP contribution >= 0.6 is 27.5 Å². The Morgan fingerprint density at radius 1 is 1.00 bits per heavy atom. The Kier molecular flexibility index (Phi) is 8.12. The first kappa shape index (κ1) is 22.1. The van der Waals surface area contributed by atoms with Gasteiger partial charge in [0.1, 0.15) is 12.4 Å². The zero-order valence-electron chi connectivity index (χ0n) is 16.6. The fourth-order valence-electron chi connectivity index (χ4n) is 3.01. The lowest BCUT2D eigenvalue weighted by molar-refractivity contribution is -0.142. The summed E-state index contributed by atoms with van der Waals surface area (Å²) >= 11 is 9.84. The van der Waals surface area contributed by atoms with E-state index in [1.54, 1.807) is 19.1 Å². The molecule has 0 unspecified atom stereocenters. The van der Waals surface area contributed by atoms with Gasteiger partial charge in [-0.2, -0.15) is 0 Å². The summed E-state index contributed by atoms with van der Waals surface area (Å²) < 4.78 is 11.9. The number of ether oxygens (including phenoxy) is 2. The summed E-state index contributed by atoms with van der Waals surface area (Å²) in [7, 11) is 0. The van der Waals surface area contributed by atoms with E-state index >= 15 is 0 Å². The molecule has 0 aliphatic rings. The predicted octanol–water partition coefficient (Wildman–Crippen LogP) is 6.72. The molecule has 3 aromatic rings. The van der Waals surface area contributed by atoms with Crippen molar-refractivity contribution in [3.63, 3.8) is 0 Å². The van der Waals surface area contributed by atoms with Gasteiger partial charge in [0, 0.05) is 4.47 Å². The van der Waals surface area contributed by atoms with E-state index in [1.807, 2.05) is 42.5 Å². The summed E-state index contributed by atoms with van der Waals surface area (Å²) in [5, 5.41) is 0.468. The quantitative estimate of drug-likeness (QED) is 0.332. The van der Waals surface area contributed by atoms with Gasteiger partial charge in [-0.05, 0) is 59.5 Å². The summed E-state index contributed by atoms with van der Waals surface area (Å²) in [6.07, 6.45) is 2.23. The number of halogens is 2. The van der Waals surface area contributed by atoms with Crippen LogP contribution in [0.1, 0.15) is 23.6 Å². The molecule has 3 rings (SSSR count). The topological polar surface area (TPSA) is 35.5 Å². The van der Waals surface area contributed by atoms with Crippen molar-refractivity contribution >= 4 is 39.1 Å². The van der Waals surface area contributed by atoms with Crippen LogP contribution in [0.2, 0.25) is 5.02 Å². The van der Waals surface area contributed by atoms with Gasteiger partial charge in [0.25, 0.3) is 0 Å². The SMILES string of the molecule is CCOC(=O)Cc1ccc(OC/C=C(/c2ccccc2)c2ccc(Br)cc2)c(Cl)c1. The first-order chi connectivity index (χ1) is 14.6. The van der Waals surface area contributed by atoms with Gasteiger partial charge in [-0.1, -0.05) is 76.1 Å². The van der Waals surface area contributed by atoms with Gasteiger partial charge in [-0.25, -0.2) is 0 Å². The van der Waals surface area contributed by atoms with Gasteiger partial charge in [0.05, 0.1) is 18.1 Å². The van der Waals surface area contributed by atoms with Crippen LogP contribution < -0.4 is 4.74 Å². The zero-order chi connectivity index (χ0) is 21.3. The lowest BCUT2D eigenvalue weighted by Gasteiger charge is -2.11. The first-order valence-corrected chi connectivity index (χ1v) is 10.8. The summed E-state index contributed by atoms with van der Waals surface area (Å²) in [5.74, 6) is 0.302. The number of rotatable bonds is 8. The van der Waals surface area contributed by atoms with Crippen LogP contribution in [0.5, 0.6) is 5.75 Å². The lowest BCUT2D eigenvalue weighted by Crippen LogP contribution is -2.07. The third-order valence-corrected chi connectivity index (χ3v) is 5.24. The van der Waals surface area contributed by atoms with Gasteiger partial charge in [0.2, 0.25) is 0 Å². The maximum atomic E-state index is 11.6. The Balaban J connectivity index is 1.75. The molecule has 0 heterocycles. The maximum absolute atomic E-state index is 11.6. The van der Waals surface area contributed by atoms with Crippen molar-refractivity contribution in [3.05, 3.63) is 105 Å². The van der Waals surface area contributed by atoms with Crippen molar-refractivity contribution < 1.29 is 14.3 Å². The van der Waals surface area contributed by atoms with Crippen LogP contribution in [0.25, 0.3) is 5.57 Å². The average molecular weight is 486 g/mol. The van der Waals surface area contributed by atoms with Crippen molar-refractivity contribution in [3.8, 4) is 5.75 Å². The first-order valence-electron chi connectivity index (χ1n) is 9.65. The molecule has 0 spiro atoms. The minimum atomic E-state index is -0.271. The highest BCUT2D eigenvalue weighted by Gasteiger charge is 2.09. The van der Waals surface area contributed by atoms with Gasteiger partial charge in [0.15, 0.2) is 0 Å². The molecule has 0 atom stereocenters. The summed E-state index contributed by atoms with van der Waals surface area (Å²) in [4.78, 5) is 11.6. The molecule has 0 N–H and O–H groups in total. The molecule has 5 heteroatoms. The molecular weight excluding hydrogens is 464 g/mol. The number of hydrogen-bond donors (Lipinski definition) is 0. The molecule has 3 nitrogen and oxygen atoms in total. The Labute approximate surface area is 190 Å². The van der Waals surface area contributed by atoms with Crippen LogP contribution in [0.4, 0.5) is 0 Å². The molecule has 0 saturated heterocycles. The molecule has 0 amide bonds. The smallest absolute Gasteiger partial charge is 0.310 e. The number of carbonyl (C=O) groups is 1. The van der Waals surface area contributed by atoms with Gasteiger partial charge in [-0.15, -0.1) is 0 Å². The second-order valence-corrected chi connectivity index (χ2v) is 7.87. The van der Waals surface area contributed by atoms with E-state index < -0.39 is 0 Å². The maximum Gasteiger partial charge on any atom is 0.310 e. The minimum Gasteiger partial charge on any atom is -0.488 e. The monoisotopic (exact) mass is 484 g/mol. The van der Waals surface area contributed by atoms with Crippen molar-refractivity contribution in [1.29, 1.82) is 0 Å². The number of hydrogen-bond acceptors (Lipinski definition) is 3. The van der Waals surface area contributed by atoms with E-state index in [-0.39, 0.29) is 12.4 Å². The average Bonchev–Trinajstić information content (AvgIpc) is 2.74. The molecule has 0 fully saturated rings. The zero-order valence-corrected chi connectivity index (χ0v) is 18.9. The highest BCUT2D eigenvalue weighted by atomic mass is 79.9. The summed E-state index contributed by atoms with van der Waals surface area (Å²) in [6.45, 7) is 2.51. The predicted molar refractivity (Wildman–Crippen MR) is 125 cm³/mol. The van der Waals surface area contributed by atoms with E-state index in [0.29, 0.717) is 24.0 Å². The molecule has 30 heavy (non-hydrogen) atoms. The second-order valence-electron chi connectivity index (χ2n) is 6.55. The summed E-state index contributed by atoms with van der Waals surface area (Å²) in [5.41, 5.74) is 4.09. The molecule has 0 bridgehead atoms. The second kappa shape index (κ2) is 11.0. The van der Waals surface area contributed by atoms with Crippen LogP contribution in [-0.2, 0) is 16.0 Å². The van der Waals surface area contributed by atoms with Crippen molar-refractivity contribution in [1.82, 2.24) is 0 Å². The fourth-order valence-corrected chi connectivity index (χ4v) is 3.54. The molecule has 0 aromatic heterocycles. The standard InChI is InChI=1S/C25H22BrClO3/c1-2-29-25(28)17-18-8-13-24(23(27)16-18)30-15-14-22(19-6-4-3-5-7-19)20-9-11-21(26)12-10-20/h3-14,16H,2,15,17H2,1H3/b22-14-. The van der Waals surface area contributed by atoms with E-state index in [1.165, 1.54) is 0 Å². The number of benzene rings is 3. The van der Waals surface area contributed by atoms with Gasteiger partial charge < -0.3 is 9.47 Å². The molecular formula is C25H22BrClO3. The minimum absolute atomic E-state index is 0.190.